The fraction of sp³-hybridized carbons (Fsp3) is 0. The van der Waals surface area contributed by atoms with Crippen LogP contribution in [0.3, 0.4) is 0 Å². The van der Waals surface area contributed by atoms with Gasteiger partial charge in [0.15, 0.2) is 5.82 Å². The maximum Gasteiger partial charge on any atom is 0.240 e. The molecule has 0 spiro atoms. The van der Waals surface area contributed by atoms with E-state index in [1.807, 2.05) is 66.7 Å². The standard InChI is InChI=1S/C51H19B16N5S/c52-29-25-26-30(53)34(57)38(61)42(65)46(26)71(45(25)41(64)37(60)33(29)56)50-68-49(69-51(70-50)72-47-27(31(54)35(58)39(62)43(47)66)28-32(55)36(59)40(63)44(67)48(28)72)20-11-10-18-24(19-20)73(21-12-4-1-5-13-21,22-14-6-2-7-15-22)23-16-8-3-9-17-23/h1-19H. The summed E-state index contributed by atoms with van der Waals surface area (Å²) in [5, 5.41) is 1.000. The van der Waals surface area contributed by atoms with Crippen LogP contribution in [0, 0.1) is 0 Å². The molecule has 22 heteroatoms. The van der Waals surface area contributed by atoms with Crippen LogP contribution in [-0.4, -0.2) is 150 Å². The zero-order valence-corrected chi connectivity index (χ0v) is 39.7. The number of hydrogen-bond acceptors (Lipinski definition) is 3. The Hall–Kier alpha value is -6.24. The smallest absolute Gasteiger partial charge is 0.240 e. The third kappa shape index (κ3) is 6.98. The lowest BCUT2D eigenvalue weighted by Gasteiger charge is -2.42. The quantitative estimate of drug-likeness (QED) is 0.150. The van der Waals surface area contributed by atoms with Gasteiger partial charge in [-0.2, -0.15) is 15.0 Å². The van der Waals surface area contributed by atoms with Crippen LogP contribution in [0.25, 0.3) is 66.9 Å². The van der Waals surface area contributed by atoms with Crippen molar-refractivity contribution < 1.29 is 0 Å². The molecule has 8 aromatic carbocycles. The summed E-state index contributed by atoms with van der Waals surface area (Å²) in [5.41, 5.74) is 1.09. The predicted molar refractivity (Wildman–Crippen MR) is 320 cm³/mol. The Kier molecular flexibility index (Phi) is 12.1. The van der Waals surface area contributed by atoms with Crippen molar-refractivity contribution in [1.82, 2.24) is 24.1 Å². The minimum absolute atomic E-state index is 0.00683. The maximum absolute atomic E-state index is 6.95. The molecule has 0 amide bonds. The third-order valence-electron chi connectivity index (χ3n) is 13.7. The lowest BCUT2D eigenvalue weighted by atomic mass is 9.63. The lowest BCUT2D eigenvalue weighted by Crippen LogP contribution is -2.49. The monoisotopic (exact) mass is 909 g/mol. The molecular formula is C51H19B16N5S. The van der Waals surface area contributed by atoms with Gasteiger partial charge < -0.3 is 0 Å². The molecule has 0 bridgehead atoms. The summed E-state index contributed by atoms with van der Waals surface area (Å²) in [6.45, 7) is 0. The van der Waals surface area contributed by atoms with Gasteiger partial charge in [0.25, 0.3) is 0 Å². The van der Waals surface area contributed by atoms with E-state index in [9.17, 15) is 0 Å². The average molecular weight is 907 g/mol. The Morgan fingerprint density at radius 1 is 0.274 bits per heavy atom. The van der Waals surface area contributed by atoms with E-state index >= 15 is 0 Å². The van der Waals surface area contributed by atoms with Crippen LogP contribution >= 0.6 is 10.0 Å². The second kappa shape index (κ2) is 18.0. The second-order valence-electron chi connectivity index (χ2n) is 17.5. The largest absolute Gasteiger partial charge is 0.279 e. The van der Waals surface area contributed by atoms with Gasteiger partial charge in [-0.3, -0.25) is 9.13 Å². The molecule has 11 rings (SSSR count). The Morgan fingerprint density at radius 2 is 0.548 bits per heavy atom. The van der Waals surface area contributed by atoms with Gasteiger partial charge in [-0.05, 0) is 70.1 Å². The van der Waals surface area contributed by atoms with E-state index in [-0.39, 0.29) is 149 Å². The van der Waals surface area contributed by atoms with Crippen molar-refractivity contribution in [3.05, 3.63) is 115 Å². The van der Waals surface area contributed by atoms with Crippen LogP contribution in [0.4, 0.5) is 0 Å². The molecule has 0 atom stereocenters. The highest BCUT2D eigenvalue weighted by Crippen LogP contribution is 2.73. The molecule has 0 aliphatic heterocycles. The molecule has 0 fully saturated rings. The first-order valence-corrected chi connectivity index (χ1v) is 24.1. The normalized spacial score (nSPS) is 12.1. The summed E-state index contributed by atoms with van der Waals surface area (Å²) in [4.78, 5) is 19.8. The zero-order valence-electron chi connectivity index (χ0n) is 38.9. The SMILES string of the molecule is [B]c1c([B])c([B])c2c(c1[B])c1c([B])c([B])c([B])c([B])c1n2-c1nc(-c2cccc(S(c3ccccc3)(c3ccccc3)c3ccccc3)c2)nc(-n2c3c([B])c([B])c([B])c([B])c3c3c([B])c([B])c([B])c([B])c32)n1. The van der Waals surface area contributed by atoms with E-state index in [0.717, 1.165) is 19.6 Å². The van der Waals surface area contributed by atoms with Crippen molar-refractivity contribution in [2.75, 3.05) is 0 Å². The predicted octanol–water partition coefficient (Wildman–Crippen LogP) is -6.23. The van der Waals surface area contributed by atoms with Gasteiger partial charge in [0.05, 0.1) is 0 Å². The molecule has 32 radical (unpaired) electrons. The summed E-state index contributed by atoms with van der Waals surface area (Å²) < 4.78 is 3.06. The highest BCUT2D eigenvalue weighted by Gasteiger charge is 2.34. The molecule has 11 aromatic rings. The van der Waals surface area contributed by atoms with E-state index in [1.54, 1.807) is 0 Å². The van der Waals surface area contributed by atoms with E-state index in [2.05, 4.69) is 48.5 Å². The minimum Gasteiger partial charge on any atom is -0.279 e. The molecule has 302 valence electrons. The summed E-state index contributed by atoms with van der Waals surface area (Å²) in [6.07, 6.45) is 0. The van der Waals surface area contributed by atoms with E-state index in [1.165, 1.54) is 9.13 Å². The third-order valence-corrected chi connectivity index (χ3v) is 17.6. The van der Waals surface area contributed by atoms with Crippen molar-refractivity contribution in [3.63, 3.8) is 0 Å². The fourth-order valence-electron chi connectivity index (χ4n) is 10.0. The van der Waals surface area contributed by atoms with E-state index in [0.29, 0.717) is 5.56 Å². The first-order valence-electron chi connectivity index (χ1n) is 22.4. The Balaban J connectivity index is 1.35. The van der Waals surface area contributed by atoms with Gasteiger partial charge in [0.2, 0.25) is 11.9 Å². The molecule has 3 aromatic heterocycles. The molecule has 0 N–H and O–H groups in total. The van der Waals surface area contributed by atoms with E-state index < -0.39 is 10.0 Å². The molecule has 0 aliphatic rings. The van der Waals surface area contributed by atoms with Crippen LogP contribution in [0.1, 0.15) is 0 Å². The topological polar surface area (TPSA) is 48.5 Å². The number of rotatable bonds is 7. The summed E-state index contributed by atoms with van der Waals surface area (Å²) in [7, 11) is 105. The van der Waals surface area contributed by atoms with Gasteiger partial charge >= 0.3 is 0 Å². The van der Waals surface area contributed by atoms with Crippen LogP contribution < -0.4 is 87.4 Å². The molecule has 0 saturated heterocycles. The number of hydrogen-bond donors (Lipinski definition) is 0. The van der Waals surface area contributed by atoms with Gasteiger partial charge in [-0.15, -0.1) is 53.7 Å². The van der Waals surface area contributed by atoms with Gasteiger partial charge in [-0.25, -0.2) is 0 Å². The van der Waals surface area contributed by atoms with Crippen molar-refractivity contribution >= 4 is 267 Å². The first kappa shape index (κ1) is 49.0. The number of nitrogens with zero attached hydrogens (tertiary/aromatic N) is 5. The van der Waals surface area contributed by atoms with Crippen molar-refractivity contribution in [3.8, 4) is 23.3 Å². The van der Waals surface area contributed by atoms with Crippen molar-refractivity contribution in [1.29, 1.82) is 0 Å². The molecule has 0 unspecified atom stereocenters. The molecule has 3 heterocycles. The van der Waals surface area contributed by atoms with Crippen LogP contribution in [0.2, 0.25) is 0 Å². The number of aromatic nitrogens is 5. The van der Waals surface area contributed by atoms with Crippen LogP contribution in [0.15, 0.2) is 135 Å². The molecule has 0 saturated carbocycles. The van der Waals surface area contributed by atoms with Crippen LogP contribution in [0.5, 0.6) is 0 Å². The van der Waals surface area contributed by atoms with E-state index in [4.69, 9.17) is 140 Å². The number of fused-ring (bicyclic) bond motifs is 6. The fourth-order valence-corrected chi connectivity index (χ4v) is 13.9. The summed E-state index contributed by atoms with van der Waals surface area (Å²) >= 11 is 0. The highest BCUT2D eigenvalue weighted by atomic mass is 32.3. The first-order chi connectivity index (χ1) is 34.9. The molecule has 0 aliphatic carbocycles. The number of benzene rings is 8. The summed E-state index contributed by atoms with van der Waals surface area (Å²) in [6, 6.07) is 39.0. The minimum atomic E-state index is -2.25. The van der Waals surface area contributed by atoms with Crippen molar-refractivity contribution in [2.24, 2.45) is 0 Å². The molecular weight excluding hydrogens is 888 g/mol. The molecule has 5 nitrogen and oxygen atoms in total. The maximum atomic E-state index is 6.95. The summed E-state index contributed by atoms with van der Waals surface area (Å²) in [5.74, 6) is -0.100. The zero-order chi connectivity index (χ0) is 51.7. The second-order valence-corrected chi connectivity index (χ2v) is 20.6. The average Bonchev–Trinajstić information content (AvgIpc) is 3.98. The van der Waals surface area contributed by atoms with Crippen molar-refractivity contribution in [2.45, 2.75) is 19.6 Å². The molecule has 73 heavy (non-hydrogen) atoms. The highest BCUT2D eigenvalue weighted by molar-refractivity contribution is 8.34. The van der Waals surface area contributed by atoms with Gasteiger partial charge in [0, 0.05) is 47.2 Å². The van der Waals surface area contributed by atoms with Gasteiger partial charge in [-0.1, -0.05) is 110 Å². The Morgan fingerprint density at radius 3 is 0.849 bits per heavy atom. The lowest BCUT2D eigenvalue weighted by molar-refractivity contribution is 0.895. The Bertz CT molecular complexity index is 3740. The van der Waals surface area contributed by atoms with Gasteiger partial charge in [0.1, 0.15) is 126 Å². The van der Waals surface area contributed by atoms with Crippen LogP contribution in [-0.2, 0) is 0 Å². The Labute approximate surface area is 445 Å².